The molecule has 0 saturated carbocycles. The van der Waals surface area contributed by atoms with Crippen LogP contribution >= 0.6 is 11.3 Å². The van der Waals surface area contributed by atoms with Crippen molar-refractivity contribution in [1.29, 1.82) is 0 Å². The van der Waals surface area contributed by atoms with Crippen LogP contribution < -0.4 is 10.6 Å². The molecule has 0 atom stereocenters. The maximum absolute atomic E-state index is 11.2. The molecule has 1 aromatic heterocycles. The Morgan fingerprint density at radius 2 is 2.15 bits per heavy atom. The van der Waals surface area contributed by atoms with E-state index < -0.39 is 0 Å². The number of amides is 2. The normalized spacial score (nSPS) is 9.38. The lowest BCUT2D eigenvalue weighted by molar-refractivity contribution is -0.114. The summed E-state index contributed by atoms with van der Waals surface area (Å²) < 4.78 is 0. The Bertz CT molecular complexity index is 333. The second-order valence-corrected chi connectivity index (χ2v) is 3.34. The second kappa shape index (κ2) is 4.04. The van der Waals surface area contributed by atoms with Gasteiger partial charge in [-0.15, -0.1) is 11.3 Å². The van der Waals surface area contributed by atoms with Gasteiger partial charge >= 0.3 is 0 Å². The van der Waals surface area contributed by atoms with Gasteiger partial charge < -0.3 is 10.6 Å². The molecule has 0 aliphatic heterocycles. The zero-order valence-electron chi connectivity index (χ0n) is 7.38. The summed E-state index contributed by atoms with van der Waals surface area (Å²) in [6.45, 7) is 1.41. The summed E-state index contributed by atoms with van der Waals surface area (Å²) in [4.78, 5) is 22.0. The molecule has 5 heteroatoms. The Labute approximate surface area is 80.0 Å². The number of thiophene rings is 1. The van der Waals surface area contributed by atoms with Gasteiger partial charge in [0, 0.05) is 14.0 Å². The number of nitrogens with one attached hydrogen (secondary N) is 2. The average Bonchev–Trinajstić information content (AvgIpc) is 2.50. The second-order valence-electron chi connectivity index (χ2n) is 2.42. The maximum Gasteiger partial charge on any atom is 0.254 e. The van der Waals surface area contributed by atoms with Gasteiger partial charge in [0.05, 0.1) is 5.56 Å². The smallest absolute Gasteiger partial charge is 0.254 e. The van der Waals surface area contributed by atoms with Crippen LogP contribution in [0.2, 0.25) is 0 Å². The van der Waals surface area contributed by atoms with Crippen molar-refractivity contribution in [1.82, 2.24) is 5.32 Å². The van der Waals surface area contributed by atoms with Crippen molar-refractivity contribution >= 4 is 28.2 Å². The fourth-order valence-corrected chi connectivity index (χ4v) is 1.71. The predicted molar refractivity (Wildman–Crippen MR) is 52.0 cm³/mol. The molecule has 0 fully saturated rings. The third-order valence-electron chi connectivity index (χ3n) is 1.43. The minimum absolute atomic E-state index is 0.174. The summed E-state index contributed by atoms with van der Waals surface area (Å²) >= 11 is 1.33. The van der Waals surface area contributed by atoms with Crippen molar-refractivity contribution in [3.8, 4) is 0 Å². The number of carbonyl (C=O) groups is 2. The number of rotatable bonds is 2. The van der Waals surface area contributed by atoms with Gasteiger partial charge in [-0.2, -0.15) is 0 Å². The Balaban J connectivity index is 2.89. The van der Waals surface area contributed by atoms with Gasteiger partial charge in [0.25, 0.3) is 5.91 Å². The van der Waals surface area contributed by atoms with Crippen molar-refractivity contribution < 1.29 is 9.59 Å². The molecule has 0 unspecified atom stereocenters. The first-order valence-corrected chi connectivity index (χ1v) is 4.60. The van der Waals surface area contributed by atoms with Crippen molar-refractivity contribution in [3.05, 3.63) is 17.0 Å². The molecule has 0 bridgehead atoms. The van der Waals surface area contributed by atoms with Crippen molar-refractivity contribution in [2.24, 2.45) is 0 Å². The lowest BCUT2D eigenvalue weighted by Crippen LogP contribution is -2.19. The standard InChI is InChI=1S/C8H10N2O2S/c1-5(11)10-8-6(3-4-13-8)7(12)9-2/h3-4H,1-2H3,(H,9,12)(H,10,11). The third kappa shape index (κ3) is 2.29. The quantitative estimate of drug-likeness (QED) is 0.746. The molecular weight excluding hydrogens is 188 g/mol. The molecule has 2 N–H and O–H groups in total. The highest BCUT2D eigenvalue weighted by Crippen LogP contribution is 2.22. The molecule has 0 aliphatic rings. The van der Waals surface area contributed by atoms with E-state index in [4.69, 9.17) is 0 Å². The zero-order chi connectivity index (χ0) is 9.84. The lowest BCUT2D eigenvalue weighted by Gasteiger charge is -2.01. The molecule has 70 valence electrons. The van der Waals surface area contributed by atoms with Crippen molar-refractivity contribution in [2.75, 3.05) is 12.4 Å². The summed E-state index contributed by atoms with van der Waals surface area (Å²) in [5.41, 5.74) is 0.503. The summed E-state index contributed by atoms with van der Waals surface area (Å²) in [7, 11) is 1.55. The summed E-state index contributed by atoms with van der Waals surface area (Å²) in [5, 5.41) is 7.43. The largest absolute Gasteiger partial charge is 0.355 e. The van der Waals surface area contributed by atoms with E-state index in [0.717, 1.165) is 0 Å². The molecule has 1 rings (SSSR count). The summed E-state index contributed by atoms with van der Waals surface area (Å²) in [5.74, 6) is -0.363. The molecule has 4 nitrogen and oxygen atoms in total. The van der Waals surface area contributed by atoms with Crippen molar-refractivity contribution in [3.63, 3.8) is 0 Å². The van der Waals surface area contributed by atoms with E-state index in [0.29, 0.717) is 10.6 Å². The van der Waals surface area contributed by atoms with E-state index in [-0.39, 0.29) is 11.8 Å². The van der Waals surface area contributed by atoms with E-state index in [1.165, 1.54) is 18.3 Å². The zero-order valence-corrected chi connectivity index (χ0v) is 8.20. The number of hydrogen-bond donors (Lipinski definition) is 2. The monoisotopic (exact) mass is 198 g/mol. The highest BCUT2D eigenvalue weighted by atomic mass is 32.1. The molecule has 0 aliphatic carbocycles. The average molecular weight is 198 g/mol. The first-order chi connectivity index (χ1) is 6.15. The number of carbonyl (C=O) groups excluding carboxylic acids is 2. The minimum atomic E-state index is -0.190. The van der Waals surface area contributed by atoms with Crippen LogP contribution in [0.3, 0.4) is 0 Å². The molecule has 1 aromatic rings. The van der Waals surface area contributed by atoms with E-state index in [1.54, 1.807) is 18.5 Å². The molecule has 0 spiro atoms. The molecule has 0 radical (unpaired) electrons. The number of hydrogen-bond acceptors (Lipinski definition) is 3. The fraction of sp³-hybridized carbons (Fsp3) is 0.250. The van der Waals surface area contributed by atoms with Crippen LogP contribution in [0.5, 0.6) is 0 Å². The summed E-state index contributed by atoms with van der Waals surface area (Å²) in [6.07, 6.45) is 0. The molecule has 13 heavy (non-hydrogen) atoms. The first-order valence-electron chi connectivity index (χ1n) is 3.72. The van der Waals surface area contributed by atoms with E-state index in [9.17, 15) is 9.59 Å². The Hall–Kier alpha value is -1.36. The van der Waals surface area contributed by atoms with Gasteiger partial charge in [-0.25, -0.2) is 0 Å². The molecule has 0 saturated heterocycles. The van der Waals surface area contributed by atoms with Gasteiger partial charge in [0.15, 0.2) is 0 Å². The van der Waals surface area contributed by atoms with Crippen LogP contribution in [0.4, 0.5) is 5.00 Å². The van der Waals surface area contributed by atoms with Crippen LogP contribution in [0.15, 0.2) is 11.4 Å². The van der Waals surface area contributed by atoms with Crippen LogP contribution in [0, 0.1) is 0 Å². The molecule has 2 amide bonds. The predicted octanol–water partition coefficient (Wildman–Crippen LogP) is 1.07. The van der Waals surface area contributed by atoms with Gasteiger partial charge in [-0.3, -0.25) is 9.59 Å². The lowest BCUT2D eigenvalue weighted by atomic mass is 10.3. The van der Waals surface area contributed by atoms with Gasteiger partial charge in [0.2, 0.25) is 5.91 Å². The third-order valence-corrected chi connectivity index (χ3v) is 2.26. The van der Waals surface area contributed by atoms with Gasteiger partial charge in [-0.05, 0) is 11.4 Å². The maximum atomic E-state index is 11.2. The van der Waals surface area contributed by atoms with Gasteiger partial charge in [-0.1, -0.05) is 0 Å². The van der Waals surface area contributed by atoms with E-state index in [1.807, 2.05) is 0 Å². The number of anilines is 1. The Morgan fingerprint density at radius 3 is 2.69 bits per heavy atom. The highest BCUT2D eigenvalue weighted by Gasteiger charge is 2.11. The SMILES string of the molecule is CNC(=O)c1ccsc1NC(C)=O. The highest BCUT2D eigenvalue weighted by molar-refractivity contribution is 7.14. The molecule has 0 aromatic carbocycles. The van der Waals surface area contributed by atoms with Crippen LogP contribution in [0.1, 0.15) is 17.3 Å². The minimum Gasteiger partial charge on any atom is -0.355 e. The molecular formula is C8H10N2O2S. The summed E-state index contributed by atoms with van der Waals surface area (Å²) in [6, 6.07) is 1.68. The van der Waals surface area contributed by atoms with E-state index >= 15 is 0 Å². The van der Waals surface area contributed by atoms with Crippen LogP contribution in [-0.4, -0.2) is 18.9 Å². The van der Waals surface area contributed by atoms with E-state index in [2.05, 4.69) is 10.6 Å². The van der Waals surface area contributed by atoms with Gasteiger partial charge in [0.1, 0.15) is 5.00 Å². The molecule has 1 heterocycles. The van der Waals surface area contributed by atoms with Crippen molar-refractivity contribution in [2.45, 2.75) is 6.92 Å². The van der Waals surface area contributed by atoms with Crippen LogP contribution in [-0.2, 0) is 4.79 Å². The topological polar surface area (TPSA) is 58.2 Å². The Kier molecular flexibility index (Phi) is 3.02. The fourth-order valence-electron chi connectivity index (χ4n) is 0.879. The van der Waals surface area contributed by atoms with Crippen LogP contribution in [0.25, 0.3) is 0 Å². The first kappa shape index (κ1) is 9.73. The Morgan fingerprint density at radius 1 is 1.46 bits per heavy atom.